The van der Waals surface area contributed by atoms with E-state index < -0.39 is 13.0 Å². The maximum Gasteiger partial charge on any atom is 0.257 e. The summed E-state index contributed by atoms with van der Waals surface area (Å²) in [4.78, 5) is 21.1. The molecule has 1 amide bonds. The topological polar surface area (TPSA) is 75.9 Å². The quantitative estimate of drug-likeness (QED) is 0.438. The van der Waals surface area contributed by atoms with Gasteiger partial charge in [-0.3, -0.25) is 14.4 Å². The Hall–Kier alpha value is -2.23. The summed E-state index contributed by atoms with van der Waals surface area (Å²) in [5.41, 5.74) is 0.879. The third-order valence-corrected chi connectivity index (χ3v) is 3.32. The summed E-state index contributed by atoms with van der Waals surface area (Å²) in [7, 11) is 1.67. The van der Waals surface area contributed by atoms with Crippen molar-refractivity contribution < 1.29 is 13.6 Å². The highest BCUT2D eigenvalue weighted by molar-refractivity contribution is 7.98. The Morgan fingerprint density at radius 1 is 1.31 bits per heavy atom. The number of carbonyl (C=O) groups excluding carboxylic acids is 1. The van der Waals surface area contributed by atoms with Gasteiger partial charge in [0.05, 0.1) is 23.8 Å². The predicted octanol–water partition coefficient (Wildman–Crippen LogP) is 4.05. The number of nitrogens with zero attached hydrogens (tertiary/aromatic N) is 5. The van der Waals surface area contributed by atoms with E-state index in [-0.39, 0.29) is 0 Å². The molecule has 2 rings (SSSR count). The summed E-state index contributed by atoms with van der Waals surface area (Å²) in [5, 5.41) is 7.19. The minimum atomic E-state index is -2.52. The van der Waals surface area contributed by atoms with Gasteiger partial charge in [-0.15, -0.1) is 0 Å². The molecule has 0 fully saturated rings. The van der Waals surface area contributed by atoms with E-state index in [0.717, 1.165) is 4.68 Å². The first-order valence-corrected chi connectivity index (χ1v) is 9.45. The Morgan fingerprint density at radius 3 is 2.46 bits per heavy atom. The normalized spacial score (nSPS) is 9.58. The first-order valence-electron chi connectivity index (χ1n) is 8.23. The summed E-state index contributed by atoms with van der Waals surface area (Å²) in [6.45, 7) is 7.46. The van der Waals surface area contributed by atoms with Crippen LogP contribution in [0.25, 0.3) is 0 Å². The van der Waals surface area contributed by atoms with Crippen LogP contribution in [0.4, 0.5) is 26.0 Å². The smallest absolute Gasteiger partial charge is 0.257 e. The van der Waals surface area contributed by atoms with Crippen LogP contribution < -0.4 is 10.2 Å². The lowest BCUT2D eigenvalue weighted by molar-refractivity contribution is -0.106. The molecule has 2 aromatic heterocycles. The number of halogens is 2. The highest BCUT2D eigenvalue weighted by Gasteiger charge is 2.18. The zero-order valence-electron chi connectivity index (χ0n) is 15.9. The standard InChI is InChI=1S/C12H14F2N6OS.2C2H6/c1-15-9-4-16-12(22-2)18-11(9)20(7-21)8-3-17-19(5-8)6-10(13)14;2*1-2/h3-5,7,10,15H,6H2,1-2H3;2*1-2H3. The largest absolute Gasteiger partial charge is 0.384 e. The maximum absolute atomic E-state index is 12.4. The van der Waals surface area contributed by atoms with Crippen molar-refractivity contribution in [3.05, 3.63) is 18.6 Å². The lowest BCUT2D eigenvalue weighted by atomic mass is 10.4. The minimum Gasteiger partial charge on any atom is -0.384 e. The molecule has 0 radical (unpaired) electrons. The molecule has 0 saturated carbocycles. The molecule has 0 spiro atoms. The number of aromatic nitrogens is 4. The van der Waals surface area contributed by atoms with E-state index in [1.54, 1.807) is 13.2 Å². The third-order valence-electron chi connectivity index (χ3n) is 2.75. The lowest BCUT2D eigenvalue weighted by Crippen LogP contribution is -2.17. The van der Waals surface area contributed by atoms with Crippen molar-refractivity contribution in [3.8, 4) is 0 Å². The van der Waals surface area contributed by atoms with Crippen molar-refractivity contribution in [3.63, 3.8) is 0 Å². The molecule has 0 saturated heterocycles. The molecule has 0 unspecified atom stereocenters. The summed E-state index contributed by atoms with van der Waals surface area (Å²) in [6, 6.07) is 0. The number of anilines is 3. The summed E-state index contributed by atoms with van der Waals surface area (Å²) in [6.07, 6.45) is 4.08. The Labute approximate surface area is 157 Å². The van der Waals surface area contributed by atoms with Crippen molar-refractivity contribution in [2.45, 2.75) is 45.8 Å². The van der Waals surface area contributed by atoms with Gasteiger partial charge in [0.2, 0.25) is 6.41 Å². The maximum atomic E-state index is 12.4. The van der Waals surface area contributed by atoms with Crippen LogP contribution in [0, 0.1) is 0 Å². The molecule has 0 aliphatic rings. The van der Waals surface area contributed by atoms with Crippen molar-refractivity contribution in [2.75, 3.05) is 23.5 Å². The second-order valence-electron chi connectivity index (χ2n) is 4.13. The summed E-state index contributed by atoms with van der Waals surface area (Å²) >= 11 is 1.33. The van der Waals surface area contributed by atoms with E-state index in [9.17, 15) is 13.6 Å². The second-order valence-corrected chi connectivity index (χ2v) is 4.90. The van der Waals surface area contributed by atoms with E-state index in [1.807, 2.05) is 34.0 Å². The van der Waals surface area contributed by atoms with Crippen LogP contribution in [0.3, 0.4) is 0 Å². The average Bonchev–Trinajstić information content (AvgIpc) is 3.12. The van der Waals surface area contributed by atoms with Gasteiger partial charge in [-0.25, -0.2) is 18.7 Å². The van der Waals surface area contributed by atoms with E-state index in [4.69, 9.17) is 0 Å². The molecule has 2 aromatic rings. The molecular weight excluding hydrogens is 362 g/mol. The summed E-state index contributed by atoms with van der Waals surface area (Å²) < 4.78 is 25.8. The Kier molecular flexibility index (Phi) is 11.9. The third kappa shape index (κ3) is 6.58. The van der Waals surface area contributed by atoms with Gasteiger partial charge in [0.15, 0.2) is 11.0 Å². The van der Waals surface area contributed by atoms with Gasteiger partial charge in [0.25, 0.3) is 6.43 Å². The van der Waals surface area contributed by atoms with Crippen LogP contribution in [-0.4, -0.2) is 45.9 Å². The zero-order valence-corrected chi connectivity index (χ0v) is 16.7. The highest BCUT2D eigenvalue weighted by Crippen LogP contribution is 2.29. The SMILES string of the molecule is CC.CC.CNc1cnc(SC)nc1N(C=O)c1cnn(CC(F)F)c1. The molecule has 7 nitrogen and oxygen atoms in total. The number of hydrogen-bond donors (Lipinski definition) is 1. The van der Waals surface area contributed by atoms with E-state index in [2.05, 4.69) is 20.4 Å². The molecular formula is C16H26F2N6OS. The Morgan fingerprint density at radius 2 is 1.96 bits per heavy atom. The van der Waals surface area contributed by atoms with Crippen molar-refractivity contribution in [1.29, 1.82) is 0 Å². The molecule has 10 heteroatoms. The van der Waals surface area contributed by atoms with Crippen molar-refractivity contribution >= 4 is 35.4 Å². The molecule has 1 N–H and O–H groups in total. The second kappa shape index (κ2) is 13.0. The zero-order chi connectivity index (χ0) is 20.1. The molecule has 2 heterocycles. The Bertz CT molecular complexity index is 653. The fourth-order valence-electron chi connectivity index (χ4n) is 1.77. The fraction of sp³-hybridized carbons (Fsp3) is 0.500. The number of rotatable bonds is 7. The molecule has 0 aliphatic carbocycles. The number of alkyl halides is 2. The van der Waals surface area contributed by atoms with Crippen LogP contribution in [0.1, 0.15) is 27.7 Å². The molecule has 26 heavy (non-hydrogen) atoms. The monoisotopic (exact) mass is 388 g/mol. The summed E-state index contributed by atoms with van der Waals surface area (Å²) in [5.74, 6) is 0.327. The first-order chi connectivity index (χ1) is 12.6. The van der Waals surface area contributed by atoms with Crippen LogP contribution >= 0.6 is 11.8 Å². The molecule has 0 aliphatic heterocycles. The van der Waals surface area contributed by atoms with Crippen LogP contribution in [0.5, 0.6) is 0 Å². The van der Waals surface area contributed by atoms with E-state index in [1.165, 1.54) is 29.1 Å². The van der Waals surface area contributed by atoms with Gasteiger partial charge in [0.1, 0.15) is 6.54 Å². The number of thioether (sulfide) groups is 1. The molecule has 0 aromatic carbocycles. The van der Waals surface area contributed by atoms with Crippen LogP contribution in [0.15, 0.2) is 23.7 Å². The van der Waals surface area contributed by atoms with Gasteiger partial charge in [0, 0.05) is 13.2 Å². The van der Waals surface area contributed by atoms with Crippen LogP contribution in [-0.2, 0) is 11.3 Å². The number of nitrogens with one attached hydrogen (secondary N) is 1. The van der Waals surface area contributed by atoms with Gasteiger partial charge >= 0.3 is 0 Å². The van der Waals surface area contributed by atoms with Crippen molar-refractivity contribution in [1.82, 2.24) is 19.7 Å². The minimum absolute atomic E-state index is 0.327. The lowest BCUT2D eigenvalue weighted by Gasteiger charge is -2.17. The van der Waals surface area contributed by atoms with E-state index >= 15 is 0 Å². The fourth-order valence-corrected chi connectivity index (χ4v) is 2.10. The predicted molar refractivity (Wildman–Crippen MR) is 102 cm³/mol. The highest BCUT2D eigenvalue weighted by atomic mass is 32.2. The number of amides is 1. The van der Waals surface area contributed by atoms with Crippen molar-refractivity contribution in [2.24, 2.45) is 0 Å². The Balaban J connectivity index is 0.00000146. The molecule has 0 bridgehead atoms. The van der Waals surface area contributed by atoms with Crippen LogP contribution in [0.2, 0.25) is 0 Å². The first kappa shape index (κ1) is 23.8. The average molecular weight is 388 g/mol. The van der Waals surface area contributed by atoms with Gasteiger partial charge in [-0.1, -0.05) is 39.5 Å². The molecule has 146 valence electrons. The number of hydrogen-bond acceptors (Lipinski definition) is 6. The number of carbonyl (C=O) groups is 1. The van der Waals surface area contributed by atoms with E-state index in [0.29, 0.717) is 28.8 Å². The van der Waals surface area contributed by atoms with Gasteiger partial charge in [-0.05, 0) is 6.26 Å². The van der Waals surface area contributed by atoms with Gasteiger partial charge < -0.3 is 5.32 Å². The van der Waals surface area contributed by atoms with Gasteiger partial charge in [-0.2, -0.15) is 5.10 Å². The molecule has 0 atom stereocenters.